The van der Waals surface area contributed by atoms with Gasteiger partial charge in [0, 0.05) is 24.7 Å². The van der Waals surface area contributed by atoms with Crippen LogP contribution in [-0.2, 0) is 11.2 Å². The van der Waals surface area contributed by atoms with Gasteiger partial charge in [-0.2, -0.15) is 0 Å². The molecule has 104 valence electrons. The summed E-state index contributed by atoms with van der Waals surface area (Å²) in [6, 6.07) is 11.2. The van der Waals surface area contributed by atoms with Crippen LogP contribution in [0.1, 0.15) is 30.4 Å². The number of hydrogen-bond donors (Lipinski definition) is 2. The summed E-state index contributed by atoms with van der Waals surface area (Å²) in [6.45, 7) is 2.05. The van der Waals surface area contributed by atoms with Crippen LogP contribution in [0.15, 0.2) is 42.6 Å². The monoisotopic (exact) mass is 269 g/mol. The summed E-state index contributed by atoms with van der Waals surface area (Å²) in [5.74, 6) is 0.823. The molecular weight excluding hydrogens is 250 g/mol. The van der Waals surface area contributed by atoms with Gasteiger partial charge in [0.25, 0.3) is 0 Å². The van der Waals surface area contributed by atoms with Crippen LogP contribution < -0.4 is 11.5 Å². The molecule has 1 aromatic heterocycles. The average Bonchev–Trinajstić information content (AvgIpc) is 2.39. The van der Waals surface area contributed by atoms with Crippen molar-refractivity contribution in [2.75, 3.05) is 11.5 Å². The number of Topliss-reactive ketones (excluding diaryl/α,β-unsaturated/α-hetero) is 1. The van der Waals surface area contributed by atoms with E-state index in [1.165, 1.54) is 0 Å². The Balaban J connectivity index is 1.95. The Labute approximate surface area is 118 Å². The molecular formula is C16H19N3O. The van der Waals surface area contributed by atoms with Gasteiger partial charge in [-0.15, -0.1) is 0 Å². The maximum Gasteiger partial charge on any atom is 0.137 e. The van der Waals surface area contributed by atoms with E-state index in [4.69, 9.17) is 11.5 Å². The molecule has 0 bridgehead atoms. The van der Waals surface area contributed by atoms with Crippen molar-refractivity contribution >= 4 is 17.3 Å². The summed E-state index contributed by atoms with van der Waals surface area (Å²) >= 11 is 0. The molecule has 0 radical (unpaired) electrons. The van der Waals surface area contributed by atoms with Crippen LogP contribution in [0.25, 0.3) is 0 Å². The van der Waals surface area contributed by atoms with Crippen molar-refractivity contribution in [3.8, 4) is 0 Å². The summed E-state index contributed by atoms with van der Waals surface area (Å²) in [5.41, 5.74) is 14.0. The highest BCUT2D eigenvalue weighted by Gasteiger charge is 2.12. The van der Waals surface area contributed by atoms with Crippen molar-refractivity contribution < 1.29 is 4.79 Å². The van der Waals surface area contributed by atoms with Crippen molar-refractivity contribution in [2.24, 2.45) is 0 Å². The molecule has 1 unspecified atom stereocenters. The van der Waals surface area contributed by atoms with E-state index in [0.29, 0.717) is 18.7 Å². The van der Waals surface area contributed by atoms with E-state index in [2.05, 4.69) is 4.98 Å². The highest BCUT2D eigenvalue weighted by molar-refractivity contribution is 5.81. The first kappa shape index (κ1) is 14.1. The number of carbonyl (C=O) groups excluding carboxylic acids is 1. The molecule has 4 heteroatoms. The zero-order chi connectivity index (χ0) is 14.5. The molecule has 4 nitrogen and oxygen atoms in total. The van der Waals surface area contributed by atoms with Gasteiger partial charge >= 0.3 is 0 Å². The third-order valence-corrected chi connectivity index (χ3v) is 3.29. The van der Waals surface area contributed by atoms with Crippen molar-refractivity contribution in [3.63, 3.8) is 0 Å². The number of anilines is 2. The van der Waals surface area contributed by atoms with Crippen LogP contribution in [0.4, 0.5) is 11.5 Å². The van der Waals surface area contributed by atoms with Crippen LogP contribution in [0, 0.1) is 0 Å². The van der Waals surface area contributed by atoms with E-state index in [1.54, 1.807) is 12.3 Å². The van der Waals surface area contributed by atoms with E-state index in [-0.39, 0.29) is 11.7 Å². The normalized spacial score (nSPS) is 12.1. The Kier molecular flexibility index (Phi) is 4.35. The molecule has 4 N–H and O–H groups in total. The highest BCUT2D eigenvalue weighted by atomic mass is 16.1. The largest absolute Gasteiger partial charge is 0.399 e. The molecule has 2 aromatic rings. The van der Waals surface area contributed by atoms with Crippen molar-refractivity contribution in [3.05, 3.63) is 53.7 Å². The molecule has 1 atom stereocenters. The highest BCUT2D eigenvalue weighted by Crippen LogP contribution is 2.21. The first-order valence-electron chi connectivity index (χ1n) is 6.62. The zero-order valence-corrected chi connectivity index (χ0v) is 11.5. The van der Waals surface area contributed by atoms with Crippen molar-refractivity contribution in [2.45, 2.75) is 25.7 Å². The molecule has 0 aliphatic heterocycles. The van der Waals surface area contributed by atoms with E-state index >= 15 is 0 Å². The molecule has 0 spiro atoms. The maximum absolute atomic E-state index is 12.1. The molecule has 0 saturated heterocycles. The number of carbonyl (C=O) groups is 1. The van der Waals surface area contributed by atoms with E-state index < -0.39 is 0 Å². The maximum atomic E-state index is 12.1. The second kappa shape index (κ2) is 6.19. The average molecular weight is 269 g/mol. The minimum absolute atomic E-state index is 0.183. The van der Waals surface area contributed by atoms with Gasteiger partial charge in [0.15, 0.2) is 0 Å². The number of pyridine rings is 1. The molecule has 0 amide bonds. The van der Waals surface area contributed by atoms with Gasteiger partial charge in [-0.25, -0.2) is 4.98 Å². The van der Waals surface area contributed by atoms with Crippen molar-refractivity contribution in [1.29, 1.82) is 0 Å². The van der Waals surface area contributed by atoms with Crippen LogP contribution in [0.5, 0.6) is 0 Å². The molecule has 20 heavy (non-hydrogen) atoms. The smallest absolute Gasteiger partial charge is 0.137 e. The van der Waals surface area contributed by atoms with Gasteiger partial charge in [-0.05, 0) is 41.3 Å². The Morgan fingerprint density at radius 2 is 1.90 bits per heavy atom. The Bertz CT molecular complexity index is 593. The standard InChI is InChI=1S/C16H19N3O/c1-11(13-2-4-14(17)5-3-13)8-15(20)9-12-6-7-19-16(18)10-12/h2-7,10-11H,8-9,17H2,1H3,(H2,18,19). The lowest BCUT2D eigenvalue weighted by atomic mass is 9.93. The lowest BCUT2D eigenvalue weighted by molar-refractivity contribution is -0.118. The zero-order valence-electron chi connectivity index (χ0n) is 11.5. The predicted octanol–water partition coefficient (Wildman–Crippen LogP) is 2.55. The Hall–Kier alpha value is -2.36. The fraction of sp³-hybridized carbons (Fsp3) is 0.250. The first-order valence-corrected chi connectivity index (χ1v) is 6.62. The molecule has 0 aliphatic rings. The lowest BCUT2D eigenvalue weighted by Crippen LogP contribution is -2.08. The second-order valence-corrected chi connectivity index (χ2v) is 5.08. The number of hydrogen-bond acceptors (Lipinski definition) is 4. The van der Waals surface area contributed by atoms with Gasteiger partial charge in [0.2, 0.25) is 0 Å². The minimum atomic E-state index is 0.183. The molecule has 0 aliphatic carbocycles. The first-order chi connectivity index (χ1) is 9.54. The Morgan fingerprint density at radius 1 is 1.20 bits per heavy atom. The molecule has 1 aromatic carbocycles. The molecule has 2 rings (SSSR count). The summed E-state index contributed by atoms with van der Waals surface area (Å²) in [4.78, 5) is 16.0. The quantitative estimate of drug-likeness (QED) is 0.817. The number of benzene rings is 1. The summed E-state index contributed by atoms with van der Waals surface area (Å²) in [5, 5.41) is 0. The number of nitrogens with zero attached hydrogens (tertiary/aromatic N) is 1. The third kappa shape index (κ3) is 3.82. The summed E-state index contributed by atoms with van der Waals surface area (Å²) < 4.78 is 0. The van der Waals surface area contributed by atoms with E-state index in [9.17, 15) is 4.79 Å². The fourth-order valence-corrected chi connectivity index (χ4v) is 2.19. The van der Waals surface area contributed by atoms with Gasteiger partial charge < -0.3 is 11.5 Å². The van der Waals surface area contributed by atoms with Gasteiger partial charge in [0.1, 0.15) is 11.6 Å². The Morgan fingerprint density at radius 3 is 2.55 bits per heavy atom. The number of nitrogens with two attached hydrogens (primary N) is 2. The van der Waals surface area contributed by atoms with E-state index in [0.717, 1.165) is 16.8 Å². The predicted molar refractivity (Wildman–Crippen MR) is 81.2 cm³/mol. The van der Waals surface area contributed by atoms with Gasteiger partial charge in [-0.1, -0.05) is 19.1 Å². The second-order valence-electron chi connectivity index (χ2n) is 5.08. The third-order valence-electron chi connectivity index (χ3n) is 3.29. The minimum Gasteiger partial charge on any atom is -0.399 e. The molecule has 1 heterocycles. The number of aromatic nitrogens is 1. The number of rotatable bonds is 5. The van der Waals surface area contributed by atoms with Crippen molar-refractivity contribution in [1.82, 2.24) is 4.98 Å². The summed E-state index contributed by atoms with van der Waals surface area (Å²) in [7, 11) is 0. The molecule has 0 fully saturated rings. The lowest BCUT2D eigenvalue weighted by Gasteiger charge is -2.11. The van der Waals surface area contributed by atoms with Crippen LogP contribution in [0.3, 0.4) is 0 Å². The topological polar surface area (TPSA) is 82.0 Å². The molecule has 0 saturated carbocycles. The van der Waals surface area contributed by atoms with Crippen LogP contribution >= 0.6 is 0 Å². The van der Waals surface area contributed by atoms with E-state index in [1.807, 2.05) is 37.3 Å². The van der Waals surface area contributed by atoms with Gasteiger partial charge in [-0.3, -0.25) is 4.79 Å². The fourth-order valence-electron chi connectivity index (χ4n) is 2.19. The SMILES string of the molecule is CC(CC(=O)Cc1ccnc(N)c1)c1ccc(N)cc1. The number of nitrogen functional groups attached to an aromatic ring is 2. The van der Waals surface area contributed by atoms with Crippen LogP contribution in [0.2, 0.25) is 0 Å². The van der Waals surface area contributed by atoms with Crippen LogP contribution in [-0.4, -0.2) is 10.8 Å². The summed E-state index contributed by atoms with van der Waals surface area (Å²) in [6.07, 6.45) is 2.53. The number of ketones is 1. The van der Waals surface area contributed by atoms with Gasteiger partial charge in [0.05, 0.1) is 0 Å².